The zero-order chi connectivity index (χ0) is 17.2. The van der Waals surface area contributed by atoms with Crippen LogP contribution in [0.25, 0.3) is 11.1 Å². The fourth-order valence-corrected chi connectivity index (χ4v) is 3.72. The molecule has 1 unspecified atom stereocenters. The Hall–Kier alpha value is -2.87. The van der Waals surface area contributed by atoms with Crippen molar-refractivity contribution < 1.29 is 4.79 Å². The lowest BCUT2D eigenvalue weighted by atomic mass is 10.0. The van der Waals surface area contributed by atoms with Crippen LogP contribution in [0.5, 0.6) is 0 Å². The fraction of sp³-hybridized carbons (Fsp3) is 0.174. The molecule has 0 heterocycles. The summed E-state index contributed by atoms with van der Waals surface area (Å²) in [6.45, 7) is 0. The van der Waals surface area contributed by atoms with Crippen molar-refractivity contribution in [1.82, 2.24) is 4.90 Å². The van der Waals surface area contributed by atoms with E-state index in [1.165, 1.54) is 16.7 Å². The molecule has 0 N–H and O–H groups in total. The molecule has 124 valence electrons. The van der Waals surface area contributed by atoms with Crippen LogP contribution in [0.15, 0.2) is 78.9 Å². The first-order valence-corrected chi connectivity index (χ1v) is 8.74. The summed E-state index contributed by atoms with van der Waals surface area (Å²) in [4.78, 5) is 14.8. The highest BCUT2D eigenvalue weighted by molar-refractivity contribution is 5.95. The van der Waals surface area contributed by atoms with E-state index in [9.17, 15) is 4.79 Å². The molecular formula is C23H21NO. The van der Waals surface area contributed by atoms with Crippen LogP contribution in [-0.2, 0) is 6.42 Å². The third-order valence-corrected chi connectivity index (χ3v) is 5.13. The van der Waals surface area contributed by atoms with Crippen molar-refractivity contribution in [3.63, 3.8) is 0 Å². The highest BCUT2D eigenvalue weighted by Gasteiger charge is 2.28. The normalized spacial score (nSPS) is 15.6. The summed E-state index contributed by atoms with van der Waals surface area (Å²) in [7, 11) is 1.92. The second-order valence-corrected chi connectivity index (χ2v) is 6.61. The van der Waals surface area contributed by atoms with Crippen molar-refractivity contribution >= 4 is 5.91 Å². The highest BCUT2D eigenvalue weighted by Crippen LogP contribution is 2.35. The van der Waals surface area contributed by atoms with E-state index in [4.69, 9.17) is 0 Å². The molecule has 4 rings (SSSR count). The van der Waals surface area contributed by atoms with E-state index in [1.807, 2.05) is 54.4 Å². The van der Waals surface area contributed by atoms with Crippen LogP contribution in [0.2, 0.25) is 0 Å². The molecule has 1 atom stereocenters. The Labute approximate surface area is 148 Å². The molecule has 2 heteroatoms. The molecule has 0 spiro atoms. The highest BCUT2D eigenvalue weighted by atomic mass is 16.2. The Morgan fingerprint density at radius 1 is 0.840 bits per heavy atom. The second-order valence-electron chi connectivity index (χ2n) is 6.61. The molecule has 3 aromatic rings. The summed E-state index contributed by atoms with van der Waals surface area (Å²) in [6.07, 6.45) is 2.05. The van der Waals surface area contributed by atoms with E-state index < -0.39 is 0 Å². The van der Waals surface area contributed by atoms with Gasteiger partial charge in [0.2, 0.25) is 0 Å². The van der Waals surface area contributed by atoms with Crippen molar-refractivity contribution in [1.29, 1.82) is 0 Å². The average molecular weight is 327 g/mol. The van der Waals surface area contributed by atoms with Crippen LogP contribution < -0.4 is 0 Å². The lowest BCUT2D eigenvalue weighted by molar-refractivity contribution is 0.0730. The molecule has 0 fully saturated rings. The van der Waals surface area contributed by atoms with Gasteiger partial charge in [0.15, 0.2) is 0 Å². The van der Waals surface area contributed by atoms with E-state index in [1.54, 1.807) is 0 Å². The van der Waals surface area contributed by atoms with Crippen LogP contribution in [-0.4, -0.2) is 17.9 Å². The Bertz CT molecular complexity index is 883. The van der Waals surface area contributed by atoms with Crippen LogP contribution in [0.1, 0.15) is 33.9 Å². The van der Waals surface area contributed by atoms with Gasteiger partial charge >= 0.3 is 0 Å². The van der Waals surface area contributed by atoms with Gasteiger partial charge in [-0.2, -0.15) is 0 Å². The molecule has 2 nitrogen and oxygen atoms in total. The molecule has 0 saturated carbocycles. The van der Waals surface area contributed by atoms with Gasteiger partial charge in [0.25, 0.3) is 5.91 Å². The van der Waals surface area contributed by atoms with Gasteiger partial charge in [-0.1, -0.05) is 66.7 Å². The van der Waals surface area contributed by atoms with Crippen LogP contribution in [0, 0.1) is 0 Å². The summed E-state index contributed by atoms with van der Waals surface area (Å²) in [6, 6.07) is 26.8. The smallest absolute Gasteiger partial charge is 0.254 e. The van der Waals surface area contributed by atoms with Crippen molar-refractivity contribution in [2.24, 2.45) is 0 Å². The lowest BCUT2D eigenvalue weighted by Gasteiger charge is -2.25. The summed E-state index contributed by atoms with van der Waals surface area (Å²) in [5.41, 5.74) is 5.70. The van der Waals surface area contributed by atoms with Crippen molar-refractivity contribution in [2.75, 3.05) is 7.05 Å². The van der Waals surface area contributed by atoms with Crippen LogP contribution in [0.3, 0.4) is 0 Å². The van der Waals surface area contributed by atoms with Gasteiger partial charge in [-0.15, -0.1) is 0 Å². The largest absolute Gasteiger partial charge is 0.335 e. The van der Waals surface area contributed by atoms with E-state index in [2.05, 4.69) is 36.4 Å². The van der Waals surface area contributed by atoms with E-state index in [0.29, 0.717) is 0 Å². The quantitative estimate of drug-likeness (QED) is 0.654. The van der Waals surface area contributed by atoms with Gasteiger partial charge in [0.05, 0.1) is 6.04 Å². The third kappa shape index (κ3) is 2.96. The third-order valence-electron chi connectivity index (χ3n) is 5.13. The molecule has 1 amide bonds. The summed E-state index contributed by atoms with van der Waals surface area (Å²) in [5, 5.41) is 0. The molecule has 3 aromatic carbocycles. The Morgan fingerprint density at radius 3 is 2.24 bits per heavy atom. The number of hydrogen-bond donors (Lipinski definition) is 0. The Morgan fingerprint density at radius 2 is 1.48 bits per heavy atom. The molecule has 1 aliphatic carbocycles. The number of amides is 1. The molecule has 25 heavy (non-hydrogen) atoms. The minimum atomic E-state index is 0.0846. The maximum Gasteiger partial charge on any atom is 0.254 e. The van der Waals surface area contributed by atoms with Gasteiger partial charge in [-0.25, -0.2) is 0 Å². The standard InChI is InChI=1S/C23H21NO/c1-24(22-16-15-19-9-5-6-10-21(19)22)23(25)20-13-11-18(12-14-20)17-7-3-2-4-8-17/h2-14,22H,15-16H2,1H3. The van der Waals surface area contributed by atoms with Crippen LogP contribution in [0.4, 0.5) is 0 Å². The molecule has 0 aromatic heterocycles. The first-order chi connectivity index (χ1) is 12.2. The first kappa shape index (κ1) is 15.6. The molecule has 0 aliphatic heterocycles. The number of fused-ring (bicyclic) bond motifs is 1. The maximum absolute atomic E-state index is 12.9. The second kappa shape index (κ2) is 6.56. The predicted octanol–water partition coefficient (Wildman–Crippen LogP) is 5.11. The maximum atomic E-state index is 12.9. The summed E-state index contributed by atoms with van der Waals surface area (Å²) < 4.78 is 0. The summed E-state index contributed by atoms with van der Waals surface area (Å²) >= 11 is 0. The number of benzene rings is 3. The summed E-state index contributed by atoms with van der Waals surface area (Å²) in [5.74, 6) is 0.0846. The molecular weight excluding hydrogens is 306 g/mol. The first-order valence-electron chi connectivity index (χ1n) is 8.74. The number of carbonyl (C=O) groups is 1. The Kier molecular flexibility index (Phi) is 4.10. The van der Waals surface area contributed by atoms with E-state index >= 15 is 0 Å². The van der Waals surface area contributed by atoms with E-state index in [0.717, 1.165) is 24.0 Å². The molecule has 0 radical (unpaired) electrons. The van der Waals surface area contributed by atoms with Gasteiger partial charge in [-0.05, 0) is 47.2 Å². The average Bonchev–Trinajstić information content (AvgIpc) is 3.12. The fourth-order valence-electron chi connectivity index (χ4n) is 3.72. The van der Waals surface area contributed by atoms with Gasteiger partial charge in [-0.3, -0.25) is 4.79 Å². The minimum Gasteiger partial charge on any atom is -0.335 e. The SMILES string of the molecule is CN(C(=O)c1ccc(-c2ccccc2)cc1)C1CCc2ccccc21. The Balaban J connectivity index is 1.55. The number of carbonyl (C=O) groups excluding carboxylic acids is 1. The van der Waals surface area contributed by atoms with Crippen molar-refractivity contribution in [2.45, 2.75) is 18.9 Å². The topological polar surface area (TPSA) is 20.3 Å². The number of aryl methyl sites for hydroxylation is 1. The molecule has 1 aliphatic rings. The molecule has 0 bridgehead atoms. The zero-order valence-corrected chi connectivity index (χ0v) is 14.4. The van der Waals surface area contributed by atoms with Crippen molar-refractivity contribution in [3.05, 3.63) is 95.6 Å². The van der Waals surface area contributed by atoms with Crippen LogP contribution >= 0.6 is 0 Å². The van der Waals surface area contributed by atoms with E-state index in [-0.39, 0.29) is 11.9 Å². The minimum absolute atomic E-state index is 0.0846. The number of hydrogen-bond acceptors (Lipinski definition) is 1. The number of rotatable bonds is 3. The predicted molar refractivity (Wildman–Crippen MR) is 101 cm³/mol. The van der Waals surface area contributed by atoms with Gasteiger partial charge in [0, 0.05) is 12.6 Å². The van der Waals surface area contributed by atoms with Gasteiger partial charge < -0.3 is 4.90 Å². The van der Waals surface area contributed by atoms with Crippen molar-refractivity contribution in [3.8, 4) is 11.1 Å². The zero-order valence-electron chi connectivity index (χ0n) is 14.4. The number of nitrogens with zero attached hydrogens (tertiary/aromatic N) is 1. The lowest BCUT2D eigenvalue weighted by Crippen LogP contribution is -2.30. The molecule has 0 saturated heterocycles. The van der Waals surface area contributed by atoms with Gasteiger partial charge in [0.1, 0.15) is 0 Å². The monoisotopic (exact) mass is 327 g/mol.